The van der Waals surface area contributed by atoms with Gasteiger partial charge in [-0.15, -0.1) is 13.2 Å². The number of pyridine rings is 1. The third-order valence-corrected chi connectivity index (χ3v) is 4.48. The Bertz CT molecular complexity index is 764. The minimum Gasteiger partial charge on any atom is -0.404 e. The van der Waals surface area contributed by atoms with Gasteiger partial charge >= 0.3 is 6.36 Å². The van der Waals surface area contributed by atoms with E-state index in [9.17, 15) is 21.6 Å². The lowest BCUT2D eigenvalue weighted by atomic mass is 10.1. The number of halogens is 3. The van der Waals surface area contributed by atoms with Gasteiger partial charge in [-0.05, 0) is 36.8 Å². The quantitative estimate of drug-likeness (QED) is 0.904. The highest BCUT2D eigenvalue weighted by molar-refractivity contribution is 7.89. The second kappa shape index (κ2) is 6.55. The Morgan fingerprint density at radius 2 is 1.74 bits per heavy atom. The summed E-state index contributed by atoms with van der Waals surface area (Å²) in [6.45, 7) is 1.57. The first-order chi connectivity index (χ1) is 10.7. The van der Waals surface area contributed by atoms with Crippen molar-refractivity contribution in [1.29, 1.82) is 0 Å². The van der Waals surface area contributed by atoms with Gasteiger partial charge in [-0.2, -0.15) is 0 Å². The molecule has 124 valence electrons. The molecule has 23 heavy (non-hydrogen) atoms. The van der Waals surface area contributed by atoms with E-state index in [2.05, 4.69) is 14.4 Å². The normalized spacial score (nSPS) is 13.6. The number of alkyl halides is 3. The second-order valence-corrected chi connectivity index (χ2v) is 6.30. The fourth-order valence-electron chi connectivity index (χ4n) is 1.90. The van der Waals surface area contributed by atoms with Gasteiger partial charge in [0.25, 0.3) is 0 Å². The average Bonchev–Trinajstić information content (AvgIpc) is 2.46. The van der Waals surface area contributed by atoms with Crippen molar-refractivity contribution in [2.75, 3.05) is 0 Å². The smallest absolute Gasteiger partial charge is 0.404 e. The Hall–Kier alpha value is -2.13. The van der Waals surface area contributed by atoms with Gasteiger partial charge < -0.3 is 4.74 Å². The number of nitrogens with one attached hydrogen (secondary N) is 1. The van der Waals surface area contributed by atoms with Crippen LogP contribution in [0.2, 0.25) is 0 Å². The number of nitrogens with zero attached hydrogens (tertiary/aromatic N) is 1. The lowest BCUT2D eigenvalue weighted by Crippen LogP contribution is -2.28. The van der Waals surface area contributed by atoms with Crippen molar-refractivity contribution in [3.63, 3.8) is 0 Å². The summed E-state index contributed by atoms with van der Waals surface area (Å²) in [6.07, 6.45) is -2.01. The van der Waals surface area contributed by atoms with Crippen LogP contribution in [0.3, 0.4) is 0 Å². The van der Waals surface area contributed by atoms with Crippen molar-refractivity contribution in [3.05, 3.63) is 54.4 Å². The number of sulfonamides is 1. The third-order valence-electron chi connectivity index (χ3n) is 2.90. The summed E-state index contributed by atoms with van der Waals surface area (Å²) >= 11 is 0. The Morgan fingerprint density at radius 3 is 2.35 bits per heavy atom. The molecule has 0 fully saturated rings. The molecule has 0 spiro atoms. The van der Waals surface area contributed by atoms with Crippen molar-refractivity contribution in [2.24, 2.45) is 0 Å². The summed E-state index contributed by atoms with van der Waals surface area (Å²) in [5.74, 6) is -0.783. The number of hydrogen-bond donors (Lipinski definition) is 1. The molecule has 1 heterocycles. The summed E-state index contributed by atoms with van der Waals surface area (Å²) in [7, 11) is -4.21. The molecule has 1 atom stereocenters. The van der Waals surface area contributed by atoms with E-state index in [0.29, 0.717) is 5.56 Å². The van der Waals surface area contributed by atoms with E-state index >= 15 is 0 Å². The number of rotatable bonds is 5. The Labute approximate surface area is 131 Å². The monoisotopic (exact) mass is 346 g/mol. The van der Waals surface area contributed by atoms with E-state index in [-0.39, 0.29) is 0 Å². The van der Waals surface area contributed by atoms with E-state index in [1.54, 1.807) is 19.1 Å². The van der Waals surface area contributed by atoms with E-state index in [1.165, 1.54) is 24.5 Å². The van der Waals surface area contributed by atoms with Crippen LogP contribution in [-0.2, 0) is 10.0 Å². The zero-order valence-corrected chi connectivity index (χ0v) is 12.7. The van der Waals surface area contributed by atoms with Crippen molar-refractivity contribution in [2.45, 2.75) is 24.2 Å². The van der Waals surface area contributed by atoms with Gasteiger partial charge in [-0.1, -0.05) is 12.1 Å². The van der Waals surface area contributed by atoms with Crippen LogP contribution in [-0.4, -0.2) is 19.8 Å². The number of ether oxygens (including phenoxy) is 1. The SMILES string of the molecule is C[C@H](NS(=O)(=O)c1ccccc1OC(F)(F)F)c1ccncc1. The highest BCUT2D eigenvalue weighted by Crippen LogP contribution is 2.30. The summed E-state index contributed by atoms with van der Waals surface area (Å²) in [5, 5.41) is 0. The van der Waals surface area contributed by atoms with Gasteiger partial charge in [0, 0.05) is 18.4 Å². The molecule has 1 N–H and O–H groups in total. The van der Waals surface area contributed by atoms with Gasteiger partial charge in [0.15, 0.2) is 0 Å². The van der Waals surface area contributed by atoms with Gasteiger partial charge in [0.1, 0.15) is 10.6 Å². The van der Waals surface area contributed by atoms with Gasteiger partial charge in [0.05, 0.1) is 0 Å². The predicted octanol–water partition coefficient (Wildman–Crippen LogP) is 3.02. The first kappa shape index (κ1) is 17.2. The molecule has 0 bridgehead atoms. The van der Waals surface area contributed by atoms with E-state index in [1.807, 2.05) is 0 Å². The molecule has 0 aliphatic rings. The summed E-state index contributed by atoms with van der Waals surface area (Å²) in [5.41, 5.74) is 0.623. The molecule has 0 aliphatic carbocycles. The largest absolute Gasteiger partial charge is 0.573 e. The zero-order valence-electron chi connectivity index (χ0n) is 11.9. The van der Waals surface area contributed by atoms with Crippen molar-refractivity contribution >= 4 is 10.0 Å². The van der Waals surface area contributed by atoms with Crippen LogP contribution in [0.1, 0.15) is 18.5 Å². The number of para-hydroxylation sites is 1. The lowest BCUT2D eigenvalue weighted by molar-refractivity contribution is -0.275. The van der Waals surface area contributed by atoms with Crippen molar-refractivity contribution in [3.8, 4) is 5.75 Å². The summed E-state index contributed by atoms with van der Waals surface area (Å²) in [6, 6.07) is 7.11. The third kappa shape index (κ3) is 4.67. The molecule has 0 amide bonds. The standard InChI is InChI=1S/C14H13F3N2O3S/c1-10(11-6-8-18-9-7-11)19-23(20,21)13-5-3-2-4-12(13)22-14(15,16)17/h2-10,19H,1H3/t10-/m0/s1. The summed E-state index contributed by atoms with van der Waals surface area (Å²) in [4.78, 5) is 3.23. The topological polar surface area (TPSA) is 68.3 Å². The lowest BCUT2D eigenvalue weighted by Gasteiger charge is -2.17. The second-order valence-electron chi connectivity index (χ2n) is 4.62. The van der Waals surface area contributed by atoms with E-state index in [4.69, 9.17) is 0 Å². The van der Waals surface area contributed by atoms with Crippen LogP contribution >= 0.6 is 0 Å². The summed E-state index contributed by atoms with van der Waals surface area (Å²) < 4.78 is 68.0. The fraction of sp³-hybridized carbons (Fsp3) is 0.214. The number of hydrogen-bond acceptors (Lipinski definition) is 4. The number of benzene rings is 1. The minimum absolute atomic E-state index is 0.585. The molecule has 9 heteroatoms. The predicted molar refractivity (Wildman–Crippen MR) is 76.1 cm³/mol. The molecule has 0 saturated heterocycles. The van der Waals surface area contributed by atoms with Crippen LogP contribution in [0.5, 0.6) is 5.75 Å². The highest BCUT2D eigenvalue weighted by Gasteiger charge is 2.34. The first-order valence-corrected chi connectivity index (χ1v) is 7.94. The first-order valence-electron chi connectivity index (χ1n) is 6.46. The maximum atomic E-state index is 12.4. The Balaban J connectivity index is 2.30. The zero-order chi connectivity index (χ0) is 17.1. The molecule has 5 nitrogen and oxygen atoms in total. The average molecular weight is 346 g/mol. The molecule has 0 radical (unpaired) electrons. The Kier molecular flexibility index (Phi) is 4.90. The fourth-order valence-corrected chi connectivity index (χ4v) is 3.26. The maximum Gasteiger partial charge on any atom is 0.573 e. The molecule has 2 aromatic rings. The molecule has 1 aromatic heterocycles. The van der Waals surface area contributed by atoms with Crippen molar-refractivity contribution < 1.29 is 26.3 Å². The molecule has 0 saturated carbocycles. The molecule has 2 rings (SSSR count). The minimum atomic E-state index is -4.98. The molecular weight excluding hydrogens is 333 g/mol. The van der Waals surface area contributed by atoms with Crippen LogP contribution < -0.4 is 9.46 Å². The molecule has 0 unspecified atom stereocenters. The maximum absolute atomic E-state index is 12.4. The highest BCUT2D eigenvalue weighted by atomic mass is 32.2. The molecular formula is C14H13F3N2O3S. The molecule has 1 aromatic carbocycles. The van der Waals surface area contributed by atoms with Crippen LogP contribution in [0.15, 0.2) is 53.7 Å². The number of aromatic nitrogens is 1. The van der Waals surface area contributed by atoms with Gasteiger partial charge in [-0.25, -0.2) is 13.1 Å². The van der Waals surface area contributed by atoms with Gasteiger partial charge in [-0.3, -0.25) is 4.98 Å². The van der Waals surface area contributed by atoms with Crippen LogP contribution in [0.25, 0.3) is 0 Å². The molecule has 0 aliphatic heterocycles. The van der Waals surface area contributed by atoms with Crippen molar-refractivity contribution in [1.82, 2.24) is 9.71 Å². The van der Waals surface area contributed by atoms with Gasteiger partial charge in [0.2, 0.25) is 10.0 Å². The van der Waals surface area contributed by atoms with E-state index < -0.39 is 33.1 Å². The van der Waals surface area contributed by atoms with Crippen LogP contribution in [0, 0.1) is 0 Å². The van der Waals surface area contributed by atoms with E-state index in [0.717, 1.165) is 12.1 Å². The Morgan fingerprint density at radius 1 is 1.13 bits per heavy atom. The van der Waals surface area contributed by atoms with Crippen LogP contribution in [0.4, 0.5) is 13.2 Å².